The summed E-state index contributed by atoms with van der Waals surface area (Å²) in [6, 6.07) is 10.9. The van der Waals surface area contributed by atoms with Gasteiger partial charge in [0.05, 0.1) is 14.9 Å². The summed E-state index contributed by atoms with van der Waals surface area (Å²) >= 11 is 7.28. The van der Waals surface area contributed by atoms with Crippen molar-refractivity contribution < 1.29 is 14.3 Å². The van der Waals surface area contributed by atoms with Crippen molar-refractivity contribution in [1.82, 2.24) is 5.43 Å². The molecule has 1 aromatic heterocycles. The van der Waals surface area contributed by atoms with Crippen LogP contribution in [0.1, 0.15) is 11.8 Å². The largest absolute Gasteiger partial charge is 0.485 e. The van der Waals surface area contributed by atoms with Gasteiger partial charge in [-0.2, -0.15) is 5.10 Å². The Balaban J connectivity index is 1.63. The number of nitrogens with one attached hydrogen (secondary N) is 1. The fourth-order valence-electron chi connectivity index (χ4n) is 1.92. The van der Waals surface area contributed by atoms with Gasteiger partial charge in [0.1, 0.15) is 6.61 Å². The third kappa shape index (κ3) is 3.23. The van der Waals surface area contributed by atoms with Crippen molar-refractivity contribution in [3.05, 3.63) is 45.6 Å². The Morgan fingerprint density at radius 3 is 2.82 bits per heavy atom. The van der Waals surface area contributed by atoms with E-state index in [1.165, 1.54) is 11.3 Å². The van der Waals surface area contributed by atoms with E-state index in [-0.39, 0.29) is 12.5 Å². The molecule has 1 amide bonds. The maximum atomic E-state index is 12.1. The number of hydrazone groups is 1. The molecule has 0 unspecified atom stereocenters. The predicted octanol–water partition coefficient (Wildman–Crippen LogP) is 3.08. The Hall–Kier alpha value is -2.05. The lowest BCUT2D eigenvalue weighted by atomic mass is 10.2. The van der Waals surface area contributed by atoms with E-state index in [2.05, 4.69) is 10.5 Å². The molecule has 2 heterocycles. The monoisotopic (exact) mass is 336 g/mol. The molecule has 1 aromatic carbocycles. The number of amides is 1. The fraction of sp³-hybridized carbons (Fsp3) is 0.200. The summed E-state index contributed by atoms with van der Waals surface area (Å²) in [6.45, 7) is 1.96. The van der Waals surface area contributed by atoms with Gasteiger partial charge in [0, 0.05) is 0 Å². The van der Waals surface area contributed by atoms with Crippen LogP contribution in [0.5, 0.6) is 11.5 Å². The number of hydrogen-bond donors (Lipinski definition) is 1. The first-order chi connectivity index (χ1) is 10.6. The summed E-state index contributed by atoms with van der Waals surface area (Å²) in [5.41, 5.74) is 3.18. The van der Waals surface area contributed by atoms with E-state index in [0.717, 1.165) is 4.88 Å². The molecule has 114 valence electrons. The highest BCUT2D eigenvalue weighted by Gasteiger charge is 2.27. The second-order valence-corrected chi connectivity index (χ2v) is 6.36. The highest BCUT2D eigenvalue weighted by molar-refractivity contribution is 7.18. The minimum Gasteiger partial charge on any atom is -0.485 e. The van der Waals surface area contributed by atoms with Gasteiger partial charge in [-0.1, -0.05) is 23.7 Å². The molecule has 1 N–H and O–H groups in total. The average molecular weight is 337 g/mol. The Morgan fingerprint density at radius 2 is 2.09 bits per heavy atom. The predicted molar refractivity (Wildman–Crippen MR) is 86.0 cm³/mol. The number of hydrogen-bond acceptors (Lipinski definition) is 5. The molecule has 0 aliphatic carbocycles. The first-order valence-corrected chi connectivity index (χ1v) is 7.81. The highest BCUT2D eigenvalue weighted by atomic mass is 35.5. The SMILES string of the molecule is C/C(=N/NC(=O)[C@H]1COc2ccccc2O1)c1ccc(Cl)s1. The summed E-state index contributed by atoms with van der Waals surface area (Å²) in [5.74, 6) is 0.843. The minimum atomic E-state index is -0.724. The molecule has 7 heteroatoms. The summed E-state index contributed by atoms with van der Waals surface area (Å²) in [7, 11) is 0. The van der Waals surface area contributed by atoms with E-state index in [0.29, 0.717) is 21.5 Å². The van der Waals surface area contributed by atoms with Crippen LogP contribution in [0.25, 0.3) is 0 Å². The van der Waals surface area contributed by atoms with Gasteiger partial charge in [-0.05, 0) is 31.2 Å². The van der Waals surface area contributed by atoms with Crippen LogP contribution in [0.2, 0.25) is 4.34 Å². The van der Waals surface area contributed by atoms with Crippen LogP contribution in [0.4, 0.5) is 0 Å². The van der Waals surface area contributed by atoms with Crippen LogP contribution in [0, 0.1) is 0 Å². The van der Waals surface area contributed by atoms with Gasteiger partial charge in [-0.15, -0.1) is 11.3 Å². The number of ether oxygens (including phenoxy) is 2. The van der Waals surface area contributed by atoms with E-state index in [9.17, 15) is 4.79 Å². The minimum absolute atomic E-state index is 0.155. The van der Waals surface area contributed by atoms with Crippen LogP contribution in [-0.2, 0) is 4.79 Å². The lowest BCUT2D eigenvalue weighted by Crippen LogP contribution is -2.42. The number of fused-ring (bicyclic) bond motifs is 1. The Bertz CT molecular complexity index is 729. The molecule has 2 aromatic rings. The van der Waals surface area contributed by atoms with Gasteiger partial charge in [-0.3, -0.25) is 4.79 Å². The zero-order chi connectivity index (χ0) is 15.5. The van der Waals surface area contributed by atoms with Crippen molar-refractivity contribution in [2.45, 2.75) is 13.0 Å². The van der Waals surface area contributed by atoms with Gasteiger partial charge in [-0.25, -0.2) is 5.43 Å². The van der Waals surface area contributed by atoms with E-state index in [1.54, 1.807) is 25.1 Å². The third-order valence-corrected chi connectivity index (χ3v) is 4.40. The number of para-hydroxylation sites is 2. The average Bonchev–Trinajstić information content (AvgIpc) is 2.98. The maximum Gasteiger partial charge on any atom is 0.284 e. The molecule has 3 rings (SSSR count). The first-order valence-electron chi connectivity index (χ1n) is 6.62. The Morgan fingerprint density at radius 1 is 1.32 bits per heavy atom. The summed E-state index contributed by atoms with van der Waals surface area (Å²) < 4.78 is 11.8. The number of carbonyl (C=O) groups is 1. The molecule has 0 bridgehead atoms. The number of nitrogens with zero attached hydrogens (tertiary/aromatic N) is 1. The molecule has 1 atom stereocenters. The molecule has 22 heavy (non-hydrogen) atoms. The second kappa shape index (κ2) is 6.37. The van der Waals surface area contributed by atoms with Crippen molar-refractivity contribution in [2.24, 2.45) is 5.10 Å². The molecule has 0 radical (unpaired) electrons. The maximum absolute atomic E-state index is 12.1. The van der Waals surface area contributed by atoms with Crippen molar-refractivity contribution in [3.8, 4) is 11.5 Å². The zero-order valence-corrected chi connectivity index (χ0v) is 13.3. The molecule has 1 aliphatic heterocycles. The van der Waals surface area contributed by atoms with Crippen LogP contribution in [0.3, 0.4) is 0 Å². The van der Waals surface area contributed by atoms with E-state index in [4.69, 9.17) is 21.1 Å². The summed E-state index contributed by atoms with van der Waals surface area (Å²) in [5, 5.41) is 4.07. The summed E-state index contributed by atoms with van der Waals surface area (Å²) in [6.07, 6.45) is -0.724. The van der Waals surface area contributed by atoms with Gasteiger partial charge in [0.25, 0.3) is 5.91 Å². The number of rotatable bonds is 3. The van der Waals surface area contributed by atoms with Crippen LogP contribution >= 0.6 is 22.9 Å². The van der Waals surface area contributed by atoms with Crippen molar-refractivity contribution >= 4 is 34.6 Å². The van der Waals surface area contributed by atoms with Crippen LogP contribution in [0.15, 0.2) is 41.5 Å². The number of halogens is 1. The van der Waals surface area contributed by atoms with E-state index >= 15 is 0 Å². The smallest absolute Gasteiger partial charge is 0.284 e. The van der Waals surface area contributed by atoms with Gasteiger partial charge >= 0.3 is 0 Å². The molecule has 1 aliphatic rings. The Kier molecular flexibility index (Phi) is 4.31. The van der Waals surface area contributed by atoms with Crippen LogP contribution < -0.4 is 14.9 Å². The quantitative estimate of drug-likeness (QED) is 0.692. The Labute approximate surface area is 136 Å². The molecule has 0 saturated carbocycles. The first kappa shape index (κ1) is 14.9. The van der Waals surface area contributed by atoms with E-state index in [1.807, 2.05) is 18.2 Å². The number of carbonyl (C=O) groups excluding carboxylic acids is 1. The number of thiophene rings is 1. The molecule has 5 nitrogen and oxygen atoms in total. The molecular weight excluding hydrogens is 324 g/mol. The fourth-order valence-corrected chi connectivity index (χ4v) is 2.91. The number of benzene rings is 1. The third-order valence-electron chi connectivity index (χ3n) is 3.06. The van der Waals surface area contributed by atoms with Crippen LogP contribution in [-0.4, -0.2) is 24.3 Å². The van der Waals surface area contributed by atoms with Crippen molar-refractivity contribution in [3.63, 3.8) is 0 Å². The zero-order valence-electron chi connectivity index (χ0n) is 11.7. The van der Waals surface area contributed by atoms with Gasteiger partial charge in [0.15, 0.2) is 11.5 Å². The molecule has 0 saturated heterocycles. The topological polar surface area (TPSA) is 59.9 Å². The summed E-state index contributed by atoms with van der Waals surface area (Å²) in [4.78, 5) is 13.0. The lowest BCUT2D eigenvalue weighted by Gasteiger charge is -2.24. The van der Waals surface area contributed by atoms with Gasteiger partial charge in [0.2, 0.25) is 6.10 Å². The highest BCUT2D eigenvalue weighted by Crippen LogP contribution is 2.30. The lowest BCUT2D eigenvalue weighted by molar-refractivity contribution is -0.130. The molecule has 0 fully saturated rings. The van der Waals surface area contributed by atoms with E-state index < -0.39 is 6.10 Å². The molecule has 0 spiro atoms. The second-order valence-electron chi connectivity index (χ2n) is 4.64. The van der Waals surface area contributed by atoms with Crippen molar-refractivity contribution in [2.75, 3.05) is 6.61 Å². The van der Waals surface area contributed by atoms with Gasteiger partial charge < -0.3 is 9.47 Å². The molecular formula is C15H13ClN2O3S. The standard InChI is InChI=1S/C15H13ClN2O3S/c1-9(13-6-7-14(16)22-13)17-18-15(19)12-8-20-10-4-2-3-5-11(10)21-12/h2-7,12H,8H2,1H3,(H,18,19)/b17-9-/t12-/m1/s1. The normalized spacial score (nSPS) is 17.2. The van der Waals surface area contributed by atoms with Crippen molar-refractivity contribution in [1.29, 1.82) is 0 Å².